The summed E-state index contributed by atoms with van der Waals surface area (Å²) < 4.78 is 0. The predicted molar refractivity (Wildman–Crippen MR) is 111 cm³/mol. The van der Waals surface area contributed by atoms with Gasteiger partial charge in [0.1, 0.15) is 0 Å². The molecule has 4 N–H and O–H groups in total. The second-order valence-electron chi connectivity index (χ2n) is 7.49. The second kappa shape index (κ2) is 7.62. The number of aryl methyl sites for hydroxylation is 1. The number of carbonyl (C=O) groups is 4. The molecule has 2 heterocycles. The minimum absolute atomic E-state index is 0.00163. The molecule has 0 bridgehead atoms. The number of aliphatic carboxylic acids is 1. The Morgan fingerprint density at radius 3 is 2.77 bits per heavy atom. The van der Waals surface area contributed by atoms with E-state index >= 15 is 0 Å². The average molecular weight is 407 g/mol. The molecule has 2 aliphatic rings. The number of Topliss-reactive ketones (excluding diaryl/α,β-unsaturated/α-hetero) is 1. The molecular formula is C22H21N3O5. The van der Waals surface area contributed by atoms with Gasteiger partial charge in [0, 0.05) is 53.7 Å². The molecular weight excluding hydrogens is 386 g/mol. The Hall–Kier alpha value is -3.68. The first-order valence-electron chi connectivity index (χ1n) is 9.77. The lowest BCUT2D eigenvalue weighted by Crippen LogP contribution is -2.11. The Morgan fingerprint density at radius 1 is 1.23 bits per heavy atom. The van der Waals surface area contributed by atoms with E-state index < -0.39 is 5.97 Å². The number of anilines is 2. The van der Waals surface area contributed by atoms with Crippen LogP contribution in [0.5, 0.6) is 0 Å². The first kappa shape index (κ1) is 19.6. The fourth-order valence-electron chi connectivity index (χ4n) is 4.06. The zero-order valence-electron chi connectivity index (χ0n) is 16.4. The zero-order valence-corrected chi connectivity index (χ0v) is 16.4. The molecule has 0 saturated carbocycles. The van der Waals surface area contributed by atoms with E-state index in [0.29, 0.717) is 52.2 Å². The summed E-state index contributed by atoms with van der Waals surface area (Å²) in [5.41, 5.74) is 4.80. The highest BCUT2D eigenvalue weighted by Crippen LogP contribution is 2.37. The van der Waals surface area contributed by atoms with E-state index in [1.165, 1.54) is 6.92 Å². The lowest BCUT2D eigenvalue weighted by Gasteiger charge is -2.11. The van der Waals surface area contributed by atoms with Crippen LogP contribution in [-0.2, 0) is 27.2 Å². The summed E-state index contributed by atoms with van der Waals surface area (Å²) in [6.07, 6.45) is 3.64. The molecule has 0 saturated heterocycles. The van der Waals surface area contributed by atoms with Crippen molar-refractivity contribution in [3.05, 3.63) is 46.3 Å². The van der Waals surface area contributed by atoms with Crippen LogP contribution in [0.15, 0.2) is 18.2 Å². The molecule has 2 aromatic rings. The van der Waals surface area contributed by atoms with Crippen LogP contribution in [0, 0.1) is 0 Å². The van der Waals surface area contributed by atoms with Gasteiger partial charge in [-0.25, -0.2) is 0 Å². The van der Waals surface area contributed by atoms with Gasteiger partial charge in [0.05, 0.1) is 5.57 Å². The van der Waals surface area contributed by atoms with E-state index in [1.54, 1.807) is 24.3 Å². The van der Waals surface area contributed by atoms with Crippen molar-refractivity contribution >= 4 is 46.6 Å². The summed E-state index contributed by atoms with van der Waals surface area (Å²) in [7, 11) is 0. The molecule has 0 spiro atoms. The number of nitrogens with one attached hydrogen (secondary N) is 3. The predicted octanol–water partition coefficient (Wildman–Crippen LogP) is 3.00. The van der Waals surface area contributed by atoms with Crippen LogP contribution in [0.3, 0.4) is 0 Å². The van der Waals surface area contributed by atoms with Crippen molar-refractivity contribution in [2.45, 2.75) is 39.0 Å². The molecule has 0 unspecified atom stereocenters. The molecule has 30 heavy (non-hydrogen) atoms. The maximum absolute atomic E-state index is 12.6. The highest BCUT2D eigenvalue weighted by Gasteiger charge is 2.29. The number of fused-ring (bicyclic) bond motifs is 2. The quantitative estimate of drug-likeness (QED) is 0.567. The van der Waals surface area contributed by atoms with Gasteiger partial charge in [-0.05, 0) is 49.1 Å². The van der Waals surface area contributed by atoms with Crippen LogP contribution in [0.4, 0.5) is 11.4 Å². The molecule has 0 radical (unpaired) electrons. The summed E-state index contributed by atoms with van der Waals surface area (Å²) in [4.78, 5) is 50.9. The molecule has 0 atom stereocenters. The molecule has 2 amide bonds. The van der Waals surface area contributed by atoms with E-state index in [9.17, 15) is 19.2 Å². The van der Waals surface area contributed by atoms with E-state index in [-0.39, 0.29) is 30.4 Å². The number of carbonyl (C=O) groups excluding carboxylic acids is 3. The van der Waals surface area contributed by atoms with Gasteiger partial charge in [-0.15, -0.1) is 0 Å². The summed E-state index contributed by atoms with van der Waals surface area (Å²) in [5.74, 6) is -1.46. The third-order valence-electron chi connectivity index (χ3n) is 5.32. The van der Waals surface area contributed by atoms with E-state index in [2.05, 4.69) is 15.6 Å². The third kappa shape index (κ3) is 3.63. The van der Waals surface area contributed by atoms with Crippen molar-refractivity contribution in [1.82, 2.24) is 4.98 Å². The van der Waals surface area contributed by atoms with Crippen LogP contribution in [-0.4, -0.2) is 33.7 Å². The maximum Gasteiger partial charge on any atom is 0.303 e. The molecule has 1 aromatic carbocycles. The van der Waals surface area contributed by atoms with Crippen LogP contribution in [0.2, 0.25) is 0 Å². The van der Waals surface area contributed by atoms with Crippen LogP contribution >= 0.6 is 0 Å². The SMILES string of the molecule is CC(=O)Nc1ccc2c(c1)/C(=C/c1[nH]c3c(c1CCC(=O)O)C(=O)CCC3)C(=O)N2. The smallest absolute Gasteiger partial charge is 0.303 e. The number of benzene rings is 1. The Bertz CT molecular complexity index is 1130. The number of H-pyrrole nitrogens is 1. The van der Waals surface area contributed by atoms with Gasteiger partial charge in [-0.2, -0.15) is 0 Å². The Kier molecular flexibility index (Phi) is 4.99. The summed E-state index contributed by atoms with van der Waals surface area (Å²) in [6, 6.07) is 5.13. The number of carboxylic acids is 1. The molecule has 8 nitrogen and oxygen atoms in total. The van der Waals surface area contributed by atoms with Gasteiger partial charge >= 0.3 is 5.97 Å². The molecule has 1 aliphatic heterocycles. The van der Waals surface area contributed by atoms with Gasteiger partial charge in [-0.1, -0.05) is 0 Å². The molecule has 0 fully saturated rings. The Balaban J connectivity index is 1.80. The minimum Gasteiger partial charge on any atom is -0.481 e. The number of ketones is 1. The van der Waals surface area contributed by atoms with Gasteiger partial charge in [0.2, 0.25) is 5.91 Å². The third-order valence-corrected chi connectivity index (χ3v) is 5.32. The largest absolute Gasteiger partial charge is 0.481 e. The van der Waals surface area contributed by atoms with Gasteiger partial charge in [0.25, 0.3) is 5.91 Å². The van der Waals surface area contributed by atoms with Gasteiger partial charge in [-0.3, -0.25) is 19.2 Å². The standard InChI is InChI=1S/C22H21N3O5/c1-11(26)23-12-5-7-16-14(9-12)15(22(30)25-16)10-18-13(6-8-20(28)29)21-17(24-18)3-2-4-19(21)27/h5,7,9-10,24H,2-4,6,8H2,1H3,(H,23,26)(H,25,30)(H,28,29)/b15-10-. The van der Waals surface area contributed by atoms with Crippen molar-refractivity contribution < 1.29 is 24.3 Å². The van der Waals surface area contributed by atoms with Crippen molar-refractivity contribution in [3.8, 4) is 0 Å². The van der Waals surface area contributed by atoms with Gasteiger partial charge in [0.15, 0.2) is 5.78 Å². The fourth-order valence-corrected chi connectivity index (χ4v) is 4.06. The molecule has 1 aromatic heterocycles. The lowest BCUT2D eigenvalue weighted by atomic mass is 9.91. The average Bonchev–Trinajstić information content (AvgIpc) is 3.18. The topological polar surface area (TPSA) is 128 Å². The molecule has 4 rings (SSSR count). The highest BCUT2D eigenvalue weighted by molar-refractivity contribution is 6.35. The first-order chi connectivity index (χ1) is 14.3. The number of rotatable bonds is 5. The zero-order chi connectivity index (χ0) is 21.4. The minimum atomic E-state index is -0.948. The number of carboxylic acid groups (broad SMARTS) is 1. The normalized spacial score (nSPS) is 16.2. The van der Waals surface area contributed by atoms with Crippen molar-refractivity contribution in [1.29, 1.82) is 0 Å². The van der Waals surface area contributed by atoms with Crippen molar-refractivity contribution in [3.63, 3.8) is 0 Å². The number of amides is 2. The molecule has 1 aliphatic carbocycles. The lowest BCUT2D eigenvalue weighted by molar-refractivity contribution is -0.137. The first-order valence-corrected chi connectivity index (χ1v) is 9.77. The highest BCUT2D eigenvalue weighted by atomic mass is 16.4. The van der Waals surface area contributed by atoms with Crippen LogP contribution in [0.1, 0.15) is 59.1 Å². The van der Waals surface area contributed by atoms with Crippen LogP contribution in [0.25, 0.3) is 11.6 Å². The Morgan fingerprint density at radius 2 is 2.03 bits per heavy atom. The van der Waals surface area contributed by atoms with Gasteiger partial charge < -0.3 is 20.7 Å². The van der Waals surface area contributed by atoms with E-state index in [0.717, 1.165) is 12.1 Å². The summed E-state index contributed by atoms with van der Waals surface area (Å²) in [6.45, 7) is 1.41. The number of hydrogen-bond acceptors (Lipinski definition) is 4. The van der Waals surface area contributed by atoms with Crippen molar-refractivity contribution in [2.24, 2.45) is 0 Å². The second-order valence-corrected chi connectivity index (χ2v) is 7.49. The summed E-state index contributed by atoms with van der Waals surface area (Å²) >= 11 is 0. The fraction of sp³-hybridized carbons (Fsp3) is 0.273. The number of hydrogen-bond donors (Lipinski definition) is 4. The van der Waals surface area contributed by atoms with Crippen molar-refractivity contribution in [2.75, 3.05) is 10.6 Å². The van der Waals surface area contributed by atoms with E-state index in [4.69, 9.17) is 5.11 Å². The molecule has 154 valence electrons. The number of aromatic amines is 1. The van der Waals surface area contributed by atoms with E-state index in [1.807, 2.05) is 0 Å². The molecule has 8 heteroatoms. The summed E-state index contributed by atoms with van der Waals surface area (Å²) in [5, 5.41) is 14.6. The Labute approximate surface area is 172 Å². The maximum atomic E-state index is 12.6. The van der Waals surface area contributed by atoms with Crippen LogP contribution < -0.4 is 10.6 Å². The number of aromatic nitrogens is 1. The monoisotopic (exact) mass is 407 g/mol.